The van der Waals surface area contributed by atoms with Gasteiger partial charge in [0.05, 0.1) is 10.4 Å². The minimum absolute atomic E-state index is 0.0220. The van der Waals surface area contributed by atoms with Crippen molar-refractivity contribution in [1.82, 2.24) is 14.4 Å². The van der Waals surface area contributed by atoms with E-state index in [1.54, 1.807) is 10.6 Å². The molecule has 1 aromatic heterocycles. The molecule has 0 saturated carbocycles. The van der Waals surface area contributed by atoms with Crippen LogP contribution in [-0.2, 0) is 6.42 Å². The van der Waals surface area contributed by atoms with Crippen molar-refractivity contribution in [1.29, 1.82) is 0 Å². The van der Waals surface area contributed by atoms with Gasteiger partial charge >= 0.3 is 0 Å². The molecule has 0 bridgehead atoms. The Morgan fingerprint density at radius 2 is 1.67 bits per heavy atom. The largest absolute Gasteiger partial charge is 0.494 e. The third-order valence-corrected chi connectivity index (χ3v) is 6.67. The topological polar surface area (TPSA) is 48.7 Å². The van der Waals surface area contributed by atoms with Gasteiger partial charge in [0.2, 0.25) is 5.88 Å². The predicted octanol–water partition coefficient (Wildman–Crippen LogP) is 4.99. The van der Waals surface area contributed by atoms with Gasteiger partial charge in [-0.05, 0) is 36.2 Å². The van der Waals surface area contributed by atoms with E-state index >= 15 is 0 Å². The minimum Gasteiger partial charge on any atom is -0.494 e. The number of rotatable bonds is 5. The van der Waals surface area contributed by atoms with Crippen molar-refractivity contribution in [3.8, 4) is 11.6 Å². The van der Waals surface area contributed by atoms with Gasteiger partial charge in [-0.2, -0.15) is 0 Å². The number of carbonyl (C=O) groups is 1. The Hall–Kier alpha value is -3.28. The molecule has 0 spiro atoms. The molecule has 2 heterocycles. The number of halogens is 1. The van der Waals surface area contributed by atoms with Crippen LogP contribution in [0.25, 0.3) is 16.5 Å². The normalized spacial score (nSPS) is 14.6. The summed E-state index contributed by atoms with van der Waals surface area (Å²) in [6, 6.07) is 23.4. The van der Waals surface area contributed by atoms with Gasteiger partial charge in [0, 0.05) is 55.6 Å². The van der Waals surface area contributed by atoms with E-state index in [1.807, 2.05) is 53.6 Å². The second-order valence-corrected chi connectivity index (χ2v) is 8.85. The fraction of sp³-hybridized carbons (Fsp3) is 0.222. The lowest BCUT2D eigenvalue weighted by Crippen LogP contribution is -2.49. The maximum Gasteiger partial charge on any atom is 0.254 e. The predicted molar refractivity (Wildman–Crippen MR) is 132 cm³/mol. The molecular weight excluding hydrogens is 434 g/mol. The van der Waals surface area contributed by atoms with Crippen molar-refractivity contribution in [3.05, 3.63) is 95.1 Å². The Balaban J connectivity index is 1.27. The van der Waals surface area contributed by atoms with Crippen LogP contribution in [0.4, 0.5) is 0 Å². The Bertz CT molecular complexity index is 1280. The highest BCUT2D eigenvalue weighted by atomic mass is 35.5. The first kappa shape index (κ1) is 21.6. The molecule has 6 heteroatoms. The van der Waals surface area contributed by atoms with Gasteiger partial charge in [-0.15, -0.1) is 0 Å². The van der Waals surface area contributed by atoms with E-state index in [-0.39, 0.29) is 11.8 Å². The molecule has 0 aliphatic carbocycles. The molecule has 1 saturated heterocycles. The average molecular weight is 460 g/mol. The lowest BCUT2D eigenvalue weighted by Gasteiger charge is -2.34. The standard InChI is InChI=1S/C27H26ClN3O2/c28-24-11-5-9-22-19-31(27(33)25(22)24)23-10-4-8-21(18-23)26(32)30-16-14-29(15-17-30)13-12-20-6-2-1-3-7-20/h1-11,18-19,33H,12-17H2. The molecule has 1 aliphatic rings. The molecular formula is C27H26ClN3O2. The molecule has 0 atom stereocenters. The molecule has 33 heavy (non-hydrogen) atoms. The number of carbonyl (C=O) groups excluding carboxylic acids is 1. The molecule has 168 valence electrons. The second-order valence-electron chi connectivity index (χ2n) is 8.45. The molecule has 0 unspecified atom stereocenters. The van der Waals surface area contributed by atoms with Crippen molar-refractivity contribution < 1.29 is 9.90 Å². The summed E-state index contributed by atoms with van der Waals surface area (Å²) in [5, 5.41) is 12.7. The third kappa shape index (κ3) is 4.47. The van der Waals surface area contributed by atoms with Crippen molar-refractivity contribution in [2.75, 3.05) is 32.7 Å². The molecule has 5 nitrogen and oxygen atoms in total. The highest BCUT2D eigenvalue weighted by Crippen LogP contribution is 2.35. The van der Waals surface area contributed by atoms with Gasteiger partial charge in [-0.3, -0.25) is 14.3 Å². The first-order valence-electron chi connectivity index (χ1n) is 11.2. The van der Waals surface area contributed by atoms with E-state index in [4.69, 9.17) is 11.6 Å². The van der Waals surface area contributed by atoms with Crippen LogP contribution in [0.3, 0.4) is 0 Å². The fourth-order valence-electron chi connectivity index (χ4n) is 4.48. The Labute approximate surface area is 198 Å². The number of amides is 1. The van der Waals surface area contributed by atoms with Gasteiger partial charge in [0.25, 0.3) is 5.91 Å². The number of hydrogen-bond donors (Lipinski definition) is 1. The second kappa shape index (κ2) is 9.30. The van der Waals surface area contributed by atoms with Gasteiger partial charge in [0.1, 0.15) is 0 Å². The van der Waals surface area contributed by atoms with Crippen LogP contribution in [-0.4, -0.2) is 58.1 Å². The maximum atomic E-state index is 13.2. The maximum absolute atomic E-state index is 13.2. The Morgan fingerprint density at radius 1 is 0.909 bits per heavy atom. The summed E-state index contributed by atoms with van der Waals surface area (Å²) in [5.74, 6) is 0.0982. The summed E-state index contributed by atoms with van der Waals surface area (Å²) in [6.07, 6.45) is 2.86. The van der Waals surface area contributed by atoms with E-state index in [9.17, 15) is 9.90 Å². The third-order valence-electron chi connectivity index (χ3n) is 6.36. The van der Waals surface area contributed by atoms with Crippen LogP contribution in [0.2, 0.25) is 5.02 Å². The Kier molecular flexibility index (Phi) is 6.07. The van der Waals surface area contributed by atoms with Gasteiger partial charge in [-0.1, -0.05) is 60.1 Å². The minimum atomic E-state index is 0.0220. The zero-order valence-corrected chi connectivity index (χ0v) is 19.1. The molecule has 5 rings (SSSR count). The van der Waals surface area contributed by atoms with Crippen LogP contribution in [0, 0.1) is 0 Å². The van der Waals surface area contributed by atoms with Crippen LogP contribution in [0.15, 0.2) is 79.0 Å². The summed E-state index contributed by atoms with van der Waals surface area (Å²) in [5.41, 5.74) is 2.69. The number of piperazine rings is 1. The Morgan fingerprint density at radius 3 is 2.42 bits per heavy atom. The zero-order valence-electron chi connectivity index (χ0n) is 18.3. The first-order chi connectivity index (χ1) is 16.1. The monoisotopic (exact) mass is 459 g/mol. The highest BCUT2D eigenvalue weighted by molar-refractivity contribution is 6.36. The first-order valence-corrected chi connectivity index (χ1v) is 11.6. The summed E-state index contributed by atoms with van der Waals surface area (Å²) in [4.78, 5) is 17.5. The van der Waals surface area contributed by atoms with Gasteiger partial charge in [0.15, 0.2) is 0 Å². The summed E-state index contributed by atoms with van der Waals surface area (Å²) >= 11 is 6.28. The quantitative estimate of drug-likeness (QED) is 0.457. The van der Waals surface area contributed by atoms with Crippen LogP contribution >= 0.6 is 11.6 Å². The number of hydrogen-bond acceptors (Lipinski definition) is 3. The van der Waals surface area contributed by atoms with Crippen LogP contribution in [0.1, 0.15) is 15.9 Å². The lowest BCUT2D eigenvalue weighted by molar-refractivity contribution is 0.0638. The van der Waals surface area contributed by atoms with E-state index < -0.39 is 0 Å². The van der Waals surface area contributed by atoms with E-state index in [0.29, 0.717) is 29.1 Å². The van der Waals surface area contributed by atoms with Gasteiger partial charge in [-0.25, -0.2) is 0 Å². The number of nitrogens with zero attached hydrogens (tertiary/aromatic N) is 3. The SMILES string of the molecule is O=C(c1cccc(-n2cc3cccc(Cl)c3c2O)c1)N1CCN(CCc2ccccc2)CC1. The molecule has 1 amide bonds. The summed E-state index contributed by atoms with van der Waals surface area (Å²) in [6.45, 7) is 4.18. The highest BCUT2D eigenvalue weighted by Gasteiger charge is 2.22. The summed E-state index contributed by atoms with van der Waals surface area (Å²) < 4.78 is 1.68. The number of fused-ring (bicyclic) bond motifs is 1. The molecule has 1 fully saturated rings. The summed E-state index contributed by atoms with van der Waals surface area (Å²) in [7, 11) is 0. The molecule has 1 aliphatic heterocycles. The van der Waals surface area contributed by atoms with Crippen molar-refractivity contribution in [2.45, 2.75) is 6.42 Å². The fourth-order valence-corrected chi connectivity index (χ4v) is 4.75. The molecule has 0 radical (unpaired) electrons. The van der Waals surface area contributed by atoms with Gasteiger partial charge < -0.3 is 10.0 Å². The molecule has 4 aromatic rings. The number of aromatic nitrogens is 1. The number of benzene rings is 3. The average Bonchev–Trinajstić information content (AvgIpc) is 3.21. The van der Waals surface area contributed by atoms with Crippen molar-refractivity contribution in [2.24, 2.45) is 0 Å². The lowest BCUT2D eigenvalue weighted by atomic mass is 10.1. The zero-order chi connectivity index (χ0) is 22.8. The van der Waals surface area contributed by atoms with Crippen LogP contribution < -0.4 is 0 Å². The van der Waals surface area contributed by atoms with Crippen molar-refractivity contribution in [3.63, 3.8) is 0 Å². The smallest absolute Gasteiger partial charge is 0.254 e. The van der Waals surface area contributed by atoms with E-state index in [1.165, 1.54) is 5.56 Å². The van der Waals surface area contributed by atoms with Crippen LogP contribution in [0.5, 0.6) is 5.88 Å². The van der Waals surface area contributed by atoms with E-state index in [2.05, 4.69) is 29.2 Å². The van der Waals surface area contributed by atoms with Crippen molar-refractivity contribution >= 4 is 28.3 Å². The molecule has 3 aromatic carbocycles. The molecule has 1 N–H and O–H groups in total. The van der Waals surface area contributed by atoms with E-state index in [0.717, 1.165) is 37.1 Å². The number of aromatic hydroxyl groups is 1.